The van der Waals surface area contributed by atoms with Gasteiger partial charge in [-0.25, -0.2) is 24.9 Å². The summed E-state index contributed by atoms with van der Waals surface area (Å²) in [5.74, 6) is 1.40. The smallest absolute Gasteiger partial charge is 0.271 e. The van der Waals surface area contributed by atoms with E-state index < -0.39 is 6.04 Å². The number of aromatic nitrogens is 8. The largest absolute Gasteiger partial charge is 0.358 e. The Morgan fingerprint density at radius 1 is 1.21 bits per heavy atom. The molecule has 1 atom stereocenters. The molecule has 5 heterocycles. The fourth-order valence-corrected chi connectivity index (χ4v) is 3.49. The molecule has 5 aromatic heterocycles. The van der Waals surface area contributed by atoms with E-state index in [0.29, 0.717) is 45.2 Å². The van der Waals surface area contributed by atoms with E-state index in [9.17, 15) is 4.79 Å². The van der Waals surface area contributed by atoms with Crippen LogP contribution in [0.15, 0.2) is 35.4 Å². The van der Waals surface area contributed by atoms with Crippen LogP contribution in [0.1, 0.15) is 55.8 Å². The van der Waals surface area contributed by atoms with Crippen LogP contribution in [-0.4, -0.2) is 45.5 Å². The first-order valence-corrected chi connectivity index (χ1v) is 10.5. The van der Waals surface area contributed by atoms with Crippen molar-refractivity contribution in [2.24, 2.45) is 7.05 Å². The standard InChI is InChI=1S/C22H23N9O2/c1-11(26-20(32)16-12-6-7-31(5)19(12)25-10-24-16)15-8-13(30-33-15)17-27-14-9-23-21(22(2,3)4)29-18(14)28-17/h6-11H,1-5H3,(H,26,32)(H,23,27,28,29)/t11-/m1/s1. The van der Waals surface area contributed by atoms with E-state index in [2.05, 4.69) is 61.1 Å². The molecule has 0 bridgehead atoms. The van der Waals surface area contributed by atoms with Crippen molar-refractivity contribution < 1.29 is 9.32 Å². The number of imidazole rings is 1. The second-order valence-corrected chi connectivity index (χ2v) is 8.96. The van der Waals surface area contributed by atoms with Crippen LogP contribution in [-0.2, 0) is 12.5 Å². The van der Waals surface area contributed by atoms with E-state index >= 15 is 0 Å². The maximum absolute atomic E-state index is 12.9. The van der Waals surface area contributed by atoms with Crippen LogP contribution in [0.4, 0.5) is 0 Å². The van der Waals surface area contributed by atoms with E-state index in [1.807, 2.05) is 30.8 Å². The fourth-order valence-electron chi connectivity index (χ4n) is 3.49. The zero-order valence-electron chi connectivity index (χ0n) is 18.9. The highest BCUT2D eigenvalue weighted by Gasteiger charge is 2.22. The van der Waals surface area contributed by atoms with Crippen molar-refractivity contribution in [3.05, 3.63) is 48.1 Å². The monoisotopic (exact) mass is 445 g/mol. The lowest BCUT2D eigenvalue weighted by atomic mass is 9.96. The molecular formula is C22H23N9O2. The summed E-state index contributed by atoms with van der Waals surface area (Å²) in [4.78, 5) is 37.9. The predicted octanol–water partition coefficient (Wildman–Crippen LogP) is 3.08. The summed E-state index contributed by atoms with van der Waals surface area (Å²) in [6, 6.07) is 3.11. The van der Waals surface area contributed by atoms with E-state index in [4.69, 9.17) is 4.52 Å². The van der Waals surface area contributed by atoms with Crippen LogP contribution in [0.5, 0.6) is 0 Å². The predicted molar refractivity (Wildman–Crippen MR) is 120 cm³/mol. The Morgan fingerprint density at radius 3 is 2.82 bits per heavy atom. The maximum Gasteiger partial charge on any atom is 0.271 e. The van der Waals surface area contributed by atoms with Gasteiger partial charge in [-0.1, -0.05) is 25.9 Å². The molecule has 0 fully saturated rings. The molecule has 168 valence electrons. The highest BCUT2D eigenvalue weighted by atomic mass is 16.5. The Balaban J connectivity index is 1.37. The third kappa shape index (κ3) is 3.71. The van der Waals surface area contributed by atoms with Crippen LogP contribution in [0.3, 0.4) is 0 Å². The van der Waals surface area contributed by atoms with Crippen molar-refractivity contribution in [1.29, 1.82) is 0 Å². The molecule has 2 N–H and O–H groups in total. The highest BCUT2D eigenvalue weighted by molar-refractivity contribution is 6.03. The van der Waals surface area contributed by atoms with Gasteiger partial charge in [0.2, 0.25) is 0 Å². The summed E-state index contributed by atoms with van der Waals surface area (Å²) >= 11 is 0. The normalized spacial score (nSPS) is 13.0. The summed E-state index contributed by atoms with van der Waals surface area (Å²) in [6.07, 6.45) is 4.91. The van der Waals surface area contributed by atoms with Gasteiger partial charge in [-0.2, -0.15) is 0 Å². The molecule has 0 aliphatic heterocycles. The van der Waals surface area contributed by atoms with Gasteiger partial charge in [-0.3, -0.25) is 4.79 Å². The van der Waals surface area contributed by atoms with Gasteiger partial charge in [0.05, 0.1) is 17.6 Å². The highest BCUT2D eigenvalue weighted by Crippen LogP contribution is 2.25. The lowest BCUT2D eigenvalue weighted by Gasteiger charge is -2.15. The molecule has 0 unspecified atom stereocenters. The molecule has 11 heteroatoms. The minimum Gasteiger partial charge on any atom is -0.358 e. The SMILES string of the molecule is C[C@@H](NC(=O)c1ncnc2c1ccn2C)c1cc(-c2nc3cnc(C(C)(C)C)nc3[nH]2)no1. The minimum absolute atomic E-state index is 0.177. The van der Waals surface area contributed by atoms with Gasteiger partial charge in [0.15, 0.2) is 17.2 Å². The number of rotatable bonds is 4. The fraction of sp³-hybridized carbons (Fsp3) is 0.318. The molecule has 0 saturated heterocycles. The van der Waals surface area contributed by atoms with E-state index in [1.54, 1.807) is 12.3 Å². The Morgan fingerprint density at radius 2 is 2.03 bits per heavy atom. The van der Waals surface area contributed by atoms with Crippen molar-refractivity contribution in [3.8, 4) is 11.5 Å². The van der Waals surface area contributed by atoms with Crippen molar-refractivity contribution in [3.63, 3.8) is 0 Å². The molecule has 11 nitrogen and oxygen atoms in total. The summed E-state index contributed by atoms with van der Waals surface area (Å²) in [5, 5.41) is 7.70. The molecule has 0 aliphatic carbocycles. The number of nitrogens with zero attached hydrogens (tertiary/aromatic N) is 7. The number of fused-ring (bicyclic) bond motifs is 2. The van der Waals surface area contributed by atoms with Gasteiger partial charge in [-0.05, 0) is 13.0 Å². The van der Waals surface area contributed by atoms with Crippen LogP contribution in [0.2, 0.25) is 0 Å². The summed E-state index contributed by atoms with van der Waals surface area (Å²) in [5.41, 5.74) is 2.59. The Bertz CT molecular complexity index is 1490. The van der Waals surface area contributed by atoms with Crippen molar-refractivity contribution in [2.75, 3.05) is 0 Å². The second kappa shape index (κ2) is 7.47. The first kappa shape index (κ1) is 20.7. The molecule has 0 aromatic carbocycles. The average molecular weight is 445 g/mol. The Hall–Kier alpha value is -4.15. The van der Waals surface area contributed by atoms with E-state index in [1.165, 1.54) is 6.33 Å². The maximum atomic E-state index is 12.9. The van der Waals surface area contributed by atoms with Crippen molar-refractivity contribution >= 4 is 28.1 Å². The second-order valence-electron chi connectivity index (χ2n) is 8.96. The minimum atomic E-state index is -0.441. The first-order valence-electron chi connectivity index (χ1n) is 10.5. The topological polar surface area (TPSA) is 140 Å². The average Bonchev–Trinajstić information content (AvgIpc) is 3.50. The van der Waals surface area contributed by atoms with Gasteiger partial charge in [0.1, 0.15) is 34.7 Å². The quantitative estimate of drug-likeness (QED) is 0.430. The number of H-pyrrole nitrogens is 1. The molecule has 5 rings (SSSR count). The summed E-state index contributed by atoms with van der Waals surface area (Å²) in [6.45, 7) is 7.96. The molecule has 0 saturated carbocycles. The van der Waals surface area contributed by atoms with Crippen molar-refractivity contribution in [2.45, 2.75) is 39.2 Å². The molecule has 0 radical (unpaired) electrons. The molecule has 1 amide bonds. The lowest BCUT2D eigenvalue weighted by molar-refractivity contribution is 0.0930. The van der Waals surface area contributed by atoms with Crippen LogP contribution in [0.25, 0.3) is 33.7 Å². The third-order valence-electron chi connectivity index (χ3n) is 5.33. The van der Waals surface area contributed by atoms with Gasteiger partial charge in [0, 0.05) is 24.7 Å². The number of amides is 1. The Labute approximate surface area is 188 Å². The number of carbonyl (C=O) groups is 1. The van der Waals surface area contributed by atoms with Crippen LogP contribution in [0, 0.1) is 0 Å². The zero-order valence-corrected chi connectivity index (χ0v) is 18.9. The van der Waals surface area contributed by atoms with Crippen LogP contribution < -0.4 is 5.32 Å². The molecule has 5 aromatic rings. The molecule has 33 heavy (non-hydrogen) atoms. The molecular weight excluding hydrogens is 422 g/mol. The molecule has 0 aliphatic rings. The zero-order chi connectivity index (χ0) is 23.3. The number of nitrogens with one attached hydrogen (secondary N) is 2. The van der Waals surface area contributed by atoms with Gasteiger partial charge in [0.25, 0.3) is 5.91 Å². The number of hydrogen-bond acceptors (Lipinski definition) is 8. The van der Waals surface area contributed by atoms with Gasteiger partial charge >= 0.3 is 0 Å². The number of aryl methyl sites for hydroxylation is 1. The number of aromatic amines is 1. The summed E-state index contributed by atoms with van der Waals surface area (Å²) < 4.78 is 7.32. The van der Waals surface area contributed by atoms with Crippen LogP contribution >= 0.6 is 0 Å². The third-order valence-corrected chi connectivity index (χ3v) is 5.33. The Kier molecular flexibility index (Phi) is 4.69. The number of carbonyl (C=O) groups excluding carboxylic acids is 1. The molecule has 0 spiro atoms. The summed E-state index contributed by atoms with van der Waals surface area (Å²) in [7, 11) is 1.86. The van der Waals surface area contributed by atoms with Crippen molar-refractivity contribution in [1.82, 2.24) is 44.9 Å². The van der Waals surface area contributed by atoms with E-state index in [0.717, 1.165) is 5.82 Å². The van der Waals surface area contributed by atoms with Gasteiger partial charge < -0.3 is 19.4 Å². The first-order chi connectivity index (χ1) is 15.7. The van der Waals surface area contributed by atoms with Gasteiger partial charge in [-0.15, -0.1) is 0 Å². The number of hydrogen-bond donors (Lipinski definition) is 2. The van der Waals surface area contributed by atoms with E-state index in [-0.39, 0.29) is 11.3 Å². The lowest BCUT2D eigenvalue weighted by Crippen LogP contribution is -2.27.